The molecule has 1 fully saturated rings. The molecule has 10 N–H and O–H groups in total. The molecule has 0 amide bonds. The number of rotatable bonds is 8. The Morgan fingerprint density at radius 3 is 2.50 bits per heavy atom. The van der Waals surface area contributed by atoms with Crippen LogP contribution in [0, 0.1) is 16.5 Å². The second kappa shape index (κ2) is 9.95. The van der Waals surface area contributed by atoms with Crippen molar-refractivity contribution in [1.82, 2.24) is 19.5 Å². The van der Waals surface area contributed by atoms with E-state index in [1.807, 2.05) is 0 Å². The first kappa shape index (κ1) is 29.0. The van der Waals surface area contributed by atoms with Gasteiger partial charge in [0, 0.05) is 0 Å². The zero-order valence-electron chi connectivity index (χ0n) is 18.2. The Labute approximate surface area is 207 Å². The number of nitrogens with two attached hydrogens (primary N) is 2. The third kappa shape index (κ3) is 6.10. The summed E-state index contributed by atoms with van der Waals surface area (Å²) < 4.78 is 54.0. The average molecular weight is 590 g/mol. The van der Waals surface area contributed by atoms with E-state index >= 15 is 0 Å². The average Bonchev–Trinajstić information content (AvgIpc) is 3.18. The van der Waals surface area contributed by atoms with Gasteiger partial charge < -0.3 is 45.9 Å². The van der Waals surface area contributed by atoms with E-state index in [1.54, 1.807) is 0 Å². The Bertz CT molecular complexity index is 1430. The van der Waals surface area contributed by atoms with Gasteiger partial charge in [-0.1, -0.05) is 18.1 Å². The Morgan fingerprint density at radius 1 is 1.28 bits per heavy atom. The molecule has 0 saturated carbocycles. The number of imidazole rings is 1. The lowest BCUT2D eigenvalue weighted by Gasteiger charge is -2.28. The van der Waals surface area contributed by atoms with E-state index in [0.29, 0.717) is 0 Å². The summed E-state index contributed by atoms with van der Waals surface area (Å²) >= 11 is 5.17. The van der Waals surface area contributed by atoms with Gasteiger partial charge in [0.05, 0.1) is 12.4 Å². The Morgan fingerprint density at radius 2 is 1.92 bits per heavy atom. The van der Waals surface area contributed by atoms with Gasteiger partial charge in [-0.3, -0.25) is 9.09 Å². The summed E-state index contributed by atoms with van der Waals surface area (Å²) in [5.74, 6) is 5.11. The number of nitrogens with one attached hydrogen (secondary N) is 1. The molecule has 0 aromatic carbocycles. The minimum Gasteiger partial charge on any atom is -0.387 e. The number of aliphatic hydroxyl groups is 1. The number of aromatic nitrogens is 4. The van der Waals surface area contributed by atoms with Gasteiger partial charge in [0.15, 0.2) is 17.4 Å². The molecule has 2 aromatic rings. The highest BCUT2D eigenvalue weighted by Gasteiger charge is 2.57. The number of hydrogen-bond donors (Lipinski definition) is 8. The predicted octanol–water partition coefficient (Wildman–Crippen LogP) is -0.218. The van der Waals surface area contributed by atoms with Gasteiger partial charge in [0.1, 0.15) is 22.4 Å². The summed E-state index contributed by atoms with van der Waals surface area (Å²) in [7, 11) is -16.9. The maximum Gasteiger partial charge on any atom is 0.490 e. The van der Waals surface area contributed by atoms with E-state index in [4.69, 9.17) is 42.7 Å². The smallest absolute Gasteiger partial charge is 0.387 e. The molecule has 7 atom stereocenters. The molecule has 1 aliphatic heterocycles. The minimum absolute atomic E-state index is 0.0606. The number of phosphoric acid groups is 3. The molecule has 3 rings (SSSR count). The van der Waals surface area contributed by atoms with Crippen molar-refractivity contribution in [2.45, 2.75) is 43.9 Å². The number of fused-ring (bicyclic) bond motifs is 1. The number of nitrogens with zero attached hydrogens (tertiary/aromatic N) is 3. The molecule has 1 saturated heterocycles. The van der Waals surface area contributed by atoms with Crippen molar-refractivity contribution in [1.29, 1.82) is 0 Å². The lowest BCUT2D eigenvalue weighted by Crippen LogP contribution is -2.54. The van der Waals surface area contributed by atoms with Crippen molar-refractivity contribution in [3.8, 4) is 11.8 Å². The zero-order valence-corrected chi connectivity index (χ0v) is 21.7. The van der Waals surface area contributed by atoms with Gasteiger partial charge in [-0.15, -0.1) is 5.92 Å². The second-order valence-electron chi connectivity index (χ2n) is 7.38. The van der Waals surface area contributed by atoms with Crippen molar-refractivity contribution in [3.05, 3.63) is 11.0 Å². The van der Waals surface area contributed by atoms with Crippen molar-refractivity contribution in [3.63, 3.8) is 0 Å². The van der Waals surface area contributed by atoms with Crippen LogP contribution in [-0.4, -0.2) is 68.1 Å². The van der Waals surface area contributed by atoms with Crippen LogP contribution in [0.15, 0.2) is 6.33 Å². The summed E-state index contributed by atoms with van der Waals surface area (Å²) in [5, 5.41) is 11.0. The third-order valence-corrected chi connectivity index (χ3v) is 8.94. The van der Waals surface area contributed by atoms with Crippen LogP contribution < -0.4 is 11.5 Å². The van der Waals surface area contributed by atoms with E-state index in [2.05, 4.69) is 35.4 Å². The van der Waals surface area contributed by atoms with E-state index < -0.39 is 53.5 Å². The van der Waals surface area contributed by atoms with Crippen LogP contribution in [0.4, 0.5) is 5.95 Å². The number of nitrogen functional groups attached to an aromatic ring is 1. The van der Waals surface area contributed by atoms with Gasteiger partial charge >= 0.3 is 23.5 Å². The first-order chi connectivity index (χ1) is 16.4. The second-order valence-corrected chi connectivity index (χ2v) is 12.2. The molecule has 3 unspecified atom stereocenters. The van der Waals surface area contributed by atoms with Crippen LogP contribution in [0.2, 0.25) is 0 Å². The van der Waals surface area contributed by atoms with E-state index in [-0.39, 0.29) is 21.8 Å². The molecule has 0 spiro atoms. The molecule has 0 radical (unpaired) electrons. The number of H-pyrrole nitrogens is 1. The lowest BCUT2D eigenvalue weighted by atomic mass is 9.90. The highest BCUT2D eigenvalue weighted by molar-refractivity contribution is 7.71. The van der Waals surface area contributed by atoms with Crippen LogP contribution in [0.25, 0.3) is 11.2 Å². The lowest BCUT2D eigenvalue weighted by molar-refractivity contribution is -0.0733. The molecule has 0 aliphatic carbocycles. The fourth-order valence-electron chi connectivity index (χ4n) is 3.45. The quantitative estimate of drug-likeness (QED) is 0.112. The first-order valence-electron chi connectivity index (χ1n) is 9.50. The summed E-state index contributed by atoms with van der Waals surface area (Å²) in [6, 6.07) is 0. The number of aliphatic hydroxyl groups excluding tert-OH is 1. The molecule has 2 aromatic heterocycles. The molecule has 0 bridgehead atoms. The molecule has 36 heavy (non-hydrogen) atoms. The van der Waals surface area contributed by atoms with Crippen molar-refractivity contribution in [2.75, 3.05) is 5.73 Å². The van der Waals surface area contributed by atoms with Crippen LogP contribution in [0.5, 0.6) is 0 Å². The normalized spacial score (nSPS) is 28.7. The Hall–Kier alpha value is -1.58. The number of aromatic amines is 1. The molecule has 3 heterocycles. The Balaban J connectivity index is 1.92. The molecular formula is C14H21N6O12P3S. The summed E-state index contributed by atoms with van der Waals surface area (Å²) in [6.45, 7) is 2.55. The van der Waals surface area contributed by atoms with Crippen molar-refractivity contribution < 1.29 is 56.3 Å². The largest absolute Gasteiger partial charge is 0.490 e. The van der Waals surface area contributed by atoms with Gasteiger partial charge in [-0.2, -0.15) is 13.6 Å². The third-order valence-electron chi connectivity index (χ3n) is 4.72. The van der Waals surface area contributed by atoms with Crippen molar-refractivity contribution >= 4 is 52.8 Å². The maximum absolute atomic E-state index is 12.2. The zero-order chi connectivity index (χ0) is 27.3. The van der Waals surface area contributed by atoms with Crippen LogP contribution >= 0.6 is 35.7 Å². The summed E-state index contributed by atoms with van der Waals surface area (Å²) in [4.78, 5) is 47.3. The fourth-order valence-corrected chi connectivity index (χ4v) is 6.90. The highest BCUT2D eigenvalue weighted by Crippen LogP contribution is 2.66. The standard InChI is InChI=1S/C14H21N6O12P3S/c1-3-4-14(16)9(21)8(6(2)30-34(25,26)32-35(27,28)31-33(22,23)24)29-12(14)20-5-17-7-10(20)18-13(15)19-11(7)36/h5-6,8-9,12,21H,16H2,1-2H3,(H,25,26)(H,27,28)(H2,22,23,24)(H3,15,18,19,36)/t6-,8+,9-,12+,14?/m0/s1. The molecule has 200 valence electrons. The van der Waals surface area contributed by atoms with Gasteiger partial charge in [0.2, 0.25) is 5.95 Å². The summed E-state index contributed by atoms with van der Waals surface area (Å²) in [5.41, 5.74) is 10.6. The van der Waals surface area contributed by atoms with Gasteiger partial charge in [-0.25, -0.2) is 18.7 Å². The van der Waals surface area contributed by atoms with E-state index in [0.717, 1.165) is 6.92 Å². The number of hydrogen-bond acceptors (Lipinski definition) is 13. The number of anilines is 1. The first-order valence-corrected chi connectivity index (χ1v) is 14.4. The monoisotopic (exact) mass is 590 g/mol. The molecular weight excluding hydrogens is 569 g/mol. The van der Waals surface area contributed by atoms with Crippen LogP contribution in [-0.2, 0) is 31.6 Å². The van der Waals surface area contributed by atoms with Crippen molar-refractivity contribution in [2.24, 2.45) is 5.73 Å². The number of phosphoric ester groups is 1. The topological polar surface area (TPSA) is 288 Å². The van der Waals surface area contributed by atoms with Gasteiger partial charge in [0.25, 0.3) is 0 Å². The maximum atomic E-state index is 12.2. The highest BCUT2D eigenvalue weighted by atomic mass is 32.1. The SMILES string of the molecule is CC#CC1(N)[C@@H](O)[C@@H]([C@H](C)OP(=O)(O)OP(=O)(O)OP(=O)(O)O)O[C@H]1n1cnc2c(=S)[nH]c(N)nc21. The van der Waals surface area contributed by atoms with Gasteiger partial charge in [-0.05, 0) is 13.8 Å². The minimum atomic E-state index is -5.76. The fraction of sp³-hybridized carbons (Fsp3) is 0.500. The number of ether oxygens (including phenoxy) is 1. The molecule has 22 heteroatoms. The molecule has 18 nitrogen and oxygen atoms in total. The molecule has 1 aliphatic rings. The van der Waals surface area contributed by atoms with E-state index in [9.17, 15) is 28.6 Å². The summed E-state index contributed by atoms with van der Waals surface area (Å²) in [6.07, 6.45) is -4.89. The van der Waals surface area contributed by atoms with Crippen LogP contribution in [0.1, 0.15) is 20.1 Å². The predicted molar refractivity (Wildman–Crippen MR) is 122 cm³/mol. The Kier molecular flexibility index (Phi) is 8.01. The van der Waals surface area contributed by atoms with Crippen LogP contribution in [0.3, 0.4) is 0 Å². The van der Waals surface area contributed by atoms with E-state index in [1.165, 1.54) is 17.8 Å².